The second-order valence-electron chi connectivity index (χ2n) is 6.30. The third kappa shape index (κ3) is 4.07. The molecule has 2 aromatic heterocycles. The number of hydrogen-bond acceptors (Lipinski definition) is 5. The van der Waals surface area contributed by atoms with Crippen LogP contribution in [0.15, 0.2) is 10.6 Å². The molecule has 0 radical (unpaired) electrons. The molecule has 6 heteroatoms. The fourth-order valence-electron chi connectivity index (χ4n) is 1.97. The number of rotatable bonds is 5. The van der Waals surface area contributed by atoms with E-state index in [0.29, 0.717) is 18.9 Å². The molecule has 0 bridgehead atoms. The van der Waals surface area contributed by atoms with Gasteiger partial charge in [0.25, 0.3) is 0 Å². The minimum Gasteiger partial charge on any atom is -0.482 e. The quantitative estimate of drug-likeness (QED) is 0.917. The summed E-state index contributed by atoms with van der Waals surface area (Å²) < 4.78 is 12.9. The maximum absolute atomic E-state index is 5.80. The number of nitrogens with zero attached hydrogens (tertiary/aromatic N) is 3. The van der Waals surface area contributed by atoms with Crippen molar-refractivity contribution in [3.63, 3.8) is 0 Å². The van der Waals surface area contributed by atoms with Crippen molar-refractivity contribution in [1.29, 1.82) is 0 Å². The lowest BCUT2D eigenvalue weighted by atomic mass is 10.1. The topological polar surface area (TPSA) is 65.1 Å². The molecule has 0 aliphatic heterocycles. The summed E-state index contributed by atoms with van der Waals surface area (Å²) in [4.78, 5) is 0. The van der Waals surface area contributed by atoms with E-state index in [4.69, 9.17) is 9.26 Å². The van der Waals surface area contributed by atoms with E-state index >= 15 is 0 Å². The molecule has 0 fully saturated rings. The molecule has 21 heavy (non-hydrogen) atoms. The van der Waals surface area contributed by atoms with Gasteiger partial charge in [0.15, 0.2) is 11.5 Å². The summed E-state index contributed by atoms with van der Waals surface area (Å²) in [7, 11) is 1.90. The second-order valence-corrected chi connectivity index (χ2v) is 6.30. The molecule has 6 nitrogen and oxygen atoms in total. The third-order valence-electron chi connectivity index (χ3n) is 3.21. The van der Waals surface area contributed by atoms with Gasteiger partial charge in [-0.3, -0.25) is 4.68 Å². The van der Waals surface area contributed by atoms with Gasteiger partial charge >= 0.3 is 0 Å². The Bertz CT molecular complexity index is 608. The summed E-state index contributed by atoms with van der Waals surface area (Å²) in [6.45, 7) is 11.3. The number of aryl methyl sites for hydroxylation is 2. The highest BCUT2D eigenvalue weighted by molar-refractivity contribution is 5.31. The van der Waals surface area contributed by atoms with Gasteiger partial charge in [-0.05, 0) is 34.6 Å². The molecule has 0 aromatic carbocycles. The predicted molar refractivity (Wildman–Crippen MR) is 80.1 cm³/mol. The van der Waals surface area contributed by atoms with Crippen LogP contribution in [-0.2, 0) is 20.2 Å². The van der Waals surface area contributed by atoms with Gasteiger partial charge in [0.2, 0.25) is 0 Å². The van der Waals surface area contributed by atoms with Gasteiger partial charge < -0.3 is 14.6 Å². The van der Waals surface area contributed by atoms with Gasteiger partial charge in [-0.1, -0.05) is 5.16 Å². The molecular weight excluding hydrogens is 268 g/mol. The van der Waals surface area contributed by atoms with Gasteiger partial charge in [0.05, 0.1) is 11.4 Å². The molecule has 2 heterocycles. The van der Waals surface area contributed by atoms with Crippen molar-refractivity contribution in [3.05, 3.63) is 28.9 Å². The molecule has 0 spiro atoms. The Labute approximate surface area is 125 Å². The lowest BCUT2D eigenvalue weighted by Crippen LogP contribution is -2.35. The molecule has 2 rings (SSSR count). The zero-order valence-electron chi connectivity index (χ0n) is 13.6. The summed E-state index contributed by atoms with van der Waals surface area (Å²) in [6, 6.07) is 1.92. The molecule has 1 N–H and O–H groups in total. The summed E-state index contributed by atoms with van der Waals surface area (Å²) in [5.74, 6) is 1.52. The zero-order valence-corrected chi connectivity index (χ0v) is 13.6. The smallest absolute Gasteiger partial charge is 0.174 e. The molecule has 0 unspecified atom stereocenters. The minimum atomic E-state index is 0.0551. The normalized spacial score (nSPS) is 11.9. The summed E-state index contributed by atoms with van der Waals surface area (Å²) >= 11 is 0. The third-order valence-corrected chi connectivity index (χ3v) is 3.21. The summed E-state index contributed by atoms with van der Waals surface area (Å²) in [5, 5.41) is 11.7. The highest BCUT2D eigenvalue weighted by Gasteiger charge is 2.14. The first-order valence-corrected chi connectivity index (χ1v) is 7.09. The summed E-state index contributed by atoms with van der Waals surface area (Å²) in [5.41, 5.74) is 2.81. The van der Waals surface area contributed by atoms with Gasteiger partial charge in [-0.25, -0.2) is 0 Å². The highest BCUT2D eigenvalue weighted by atomic mass is 16.5. The SMILES string of the molecule is Cc1nn(C)c(C)c1OCc1cc(CNC(C)(C)C)no1. The van der Waals surface area contributed by atoms with Crippen LogP contribution >= 0.6 is 0 Å². The minimum absolute atomic E-state index is 0.0551. The monoisotopic (exact) mass is 292 g/mol. The Morgan fingerprint density at radius 3 is 2.62 bits per heavy atom. The van der Waals surface area contributed by atoms with E-state index in [1.807, 2.05) is 31.6 Å². The van der Waals surface area contributed by atoms with E-state index in [1.54, 1.807) is 0 Å². The number of hydrogen-bond donors (Lipinski definition) is 1. The molecule has 116 valence electrons. The van der Waals surface area contributed by atoms with Crippen molar-refractivity contribution < 1.29 is 9.26 Å². The van der Waals surface area contributed by atoms with Gasteiger partial charge in [0, 0.05) is 25.2 Å². The number of aromatic nitrogens is 3. The maximum Gasteiger partial charge on any atom is 0.174 e. The fourth-order valence-corrected chi connectivity index (χ4v) is 1.97. The standard InChI is InChI=1S/C15H24N4O2/c1-10-14(11(2)19(6)17-10)20-9-13-7-12(18-21-13)8-16-15(3,4)5/h7,16H,8-9H2,1-6H3. The van der Waals surface area contributed by atoms with Crippen molar-refractivity contribution in [3.8, 4) is 5.75 Å². The Morgan fingerprint density at radius 1 is 1.33 bits per heavy atom. The van der Waals surface area contributed by atoms with Gasteiger partial charge in [-0.2, -0.15) is 5.10 Å². The molecular formula is C15H24N4O2. The van der Waals surface area contributed by atoms with Crippen LogP contribution in [0, 0.1) is 13.8 Å². The molecule has 0 aliphatic carbocycles. The summed E-state index contributed by atoms with van der Waals surface area (Å²) in [6.07, 6.45) is 0. The largest absolute Gasteiger partial charge is 0.482 e. The predicted octanol–water partition coefficient (Wildman–Crippen LogP) is 2.49. The van der Waals surface area contributed by atoms with Crippen molar-refractivity contribution in [2.45, 2.75) is 53.3 Å². The Kier molecular flexibility index (Phi) is 4.37. The molecule has 2 aromatic rings. The van der Waals surface area contributed by atoms with Crippen molar-refractivity contribution in [2.75, 3.05) is 0 Å². The van der Waals surface area contributed by atoms with E-state index < -0.39 is 0 Å². The zero-order chi connectivity index (χ0) is 15.6. The van der Waals surface area contributed by atoms with Crippen molar-refractivity contribution >= 4 is 0 Å². The molecule has 0 saturated carbocycles. The number of ether oxygens (including phenoxy) is 1. The highest BCUT2D eigenvalue weighted by Crippen LogP contribution is 2.22. The van der Waals surface area contributed by atoms with E-state index in [2.05, 4.69) is 36.3 Å². The first-order chi connectivity index (χ1) is 9.76. The number of nitrogens with one attached hydrogen (secondary N) is 1. The van der Waals surface area contributed by atoms with Crippen LogP contribution in [0.2, 0.25) is 0 Å². The van der Waals surface area contributed by atoms with Crippen LogP contribution in [0.4, 0.5) is 0 Å². The molecule has 0 amide bonds. The van der Waals surface area contributed by atoms with E-state index in [0.717, 1.165) is 22.8 Å². The lowest BCUT2D eigenvalue weighted by molar-refractivity contribution is 0.245. The first kappa shape index (κ1) is 15.6. The van der Waals surface area contributed by atoms with Crippen molar-refractivity contribution in [2.24, 2.45) is 7.05 Å². The lowest BCUT2D eigenvalue weighted by Gasteiger charge is -2.19. The van der Waals surface area contributed by atoms with Gasteiger partial charge in [0.1, 0.15) is 12.3 Å². The van der Waals surface area contributed by atoms with Crippen LogP contribution in [0.25, 0.3) is 0 Å². The average molecular weight is 292 g/mol. The van der Waals surface area contributed by atoms with Crippen LogP contribution in [0.1, 0.15) is 43.6 Å². The van der Waals surface area contributed by atoms with Crippen LogP contribution < -0.4 is 10.1 Å². The van der Waals surface area contributed by atoms with Crippen LogP contribution in [-0.4, -0.2) is 20.5 Å². The van der Waals surface area contributed by atoms with E-state index in [1.165, 1.54) is 0 Å². The average Bonchev–Trinajstić information content (AvgIpc) is 2.91. The molecule has 0 atom stereocenters. The maximum atomic E-state index is 5.80. The van der Waals surface area contributed by atoms with Crippen LogP contribution in [0.5, 0.6) is 5.75 Å². The Balaban J connectivity index is 1.94. The second kappa shape index (κ2) is 5.89. The Hall–Kier alpha value is -1.82. The molecule has 0 saturated heterocycles. The van der Waals surface area contributed by atoms with Crippen molar-refractivity contribution in [1.82, 2.24) is 20.3 Å². The Morgan fingerprint density at radius 2 is 2.05 bits per heavy atom. The fraction of sp³-hybridized carbons (Fsp3) is 0.600. The van der Waals surface area contributed by atoms with E-state index in [-0.39, 0.29) is 5.54 Å². The molecule has 0 aliphatic rings. The first-order valence-electron chi connectivity index (χ1n) is 7.09. The van der Waals surface area contributed by atoms with E-state index in [9.17, 15) is 0 Å². The van der Waals surface area contributed by atoms with Crippen LogP contribution in [0.3, 0.4) is 0 Å². The van der Waals surface area contributed by atoms with Gasteiger partial charge in [-0.15, -0.1) is 0 Å².